The second-order valence-electron chi connectivity index (χ2n) is 5.47. The summed E-state index contributed by atoms with van der Waals surface area (Å²) in [5.41, 5.74) is 4.15. The number of benzene rings is 1. The van der Waals surface area contributed by atoms with Crippen LogP contribution in [0.3, 0.4) is 0 Å². The van der Waals surface area contributed by atoms with Gasteiger partial charge in [0.15, 0.2) is 5.78 Å². The third kappa shape index (κ3) is 2.51. The Morgan fingerprint density at radius 2 is 1.95 bits per heavy atom. The molecule has 2 heteroatoms. The minimum atomic E-state index is 0.198. The predicted molar refractivity (Wildman–Crippen MR) is 79.9 cm³/mol. The monoisotopic (exact) mass is 265 g/mol. The fraction of sp³-hybridized carbons (Fsp3) is 0.333. The molecule has 102 valence electrons. The maximum atomic E-state index is 12.3. The Morgan fingerprint density at radius 3 is 2.70 bits per heavy atom. The summed E-state index contributed by atoms with van der Waals surface area (Å²) < 4.78 is 0. The van der Waals surface area contributed by atoms with E-state index in [-0.39, 0.29) is 11.7 Å². The van der Waals surface area contributed by atoms with Crippen molar-refractivity contribution in [2.75, 3.05) is 0 Å². The normalized spacial score (nSPS) is 17.9. The van der Waals surface area contributed by atoms with Crippen LogP contribution in [0.5, 0.6) is 0 Å². The van der Waals surface area contributed by atoms with E-state index in [4.69, 9.17) is 4.98 Å². The lowest BCUT2D eigenvalue weighted by atomic mass is 9.83. The van der Waals surface area contributed by atoms with Gasteiger partial charge in [0.25, 0.3) is 0 Å². The minimum absolute atomic E-state index is 0.198. The van der Waals surface area contributed by atoms with E-state index in [2.05, 4.69) is 19.1 Å². The van der Waals surface area contributed by atoms with Crippen LogP contribution in [0.15, 0.2) is 42.5 Å². The fourth-order valence-electron chi connectivity index (χ4n) is 2.92. The van der Waals surface area contributed by atoms with E-state index in [1.807, 2.05) is 30.3 Å². The van der Waals surface area contributed by atoms with Crippen LogP contribution in [0, 0.1) is 5.92 Å². The molecule has 0 N–H and O–H groups in total. The Balaban J connectivity index is 1.85. The molecule has 0 amide bonds. The van der Waals surface area contributed by atoms with Crippen molar-refractivity contribution in [1.29, 1.82) is 0 Å². The Hall–Kier alpha value is -1.96. The summed E-state index contributed by atoms with van der Waals surface area (Å²) in [7, 11) is 0. The summed E-state index contributed by atoms with van der Waals surface area (Å²) in [6.45, 7) is 2.09. The third-order valence-electron chi connectivity index (χ3n) is 4.12. The number of aryl methyl sites for hydroxylation is 1. The molecule has 0 bridgehead atoms. The molecule has 0 radical (unpaired) electrons. The highest BCUT2D eigenvalue weighted by molar-refractivity contribution is 5.99. The van der Waals surface area contributed by atoms with Crippen molar-refractivity contribution in [3.05, 3.63) is 65.0 Å². The van der Waals surface area contributed by atoms with Gasteiger partial charge in [-0.2, -0.15) is 0 Å². The van der Waals surface area contributed by atoms with Crippen molar-refractivity contribution < 1.29 is 4.79 Å². The number of fused-ring (bicyclic) bond motifs is 1. The van der Waals surface area contributed by atoms with Crippen LogP contribution < -0.4 is 0 Å². The molecule has 0 spiro atoms. The lowest BCUT2D eigenvalue weighted by Crippen LogP contribution is -2.23. The van der Waals surface area contributed by atoms with Gasteiger partial charge in [-0.3, -0.25) is 9.78 Å². The van der Waals surface area contributed by atoms with E-state index in [0.29, 0.717) is 0 Å². The van der Waals surface area contributed by atoms with Crippen LogP contribution in [0.2, 0.25) is 0 Å². The number of carbonyl (C=O) groups excluding carboxylic acids is 1. The smallest absolute Gasteiger partial charge is 0.167 e. The first kappa shape index (κ1) is 13.0. The van der Waals surface area contributed by atoms with E-state index >= 15 is 0 Å². The molecule has 1 aliphatic rings. The Bertz CT molecular complexity index is 619. The van der Waals surface area contributed by atoms with E-state index in [1.54, 1.807) is 0 Å². The van der Waals surface area contributed by atoms with Gasteiger partial charge >= 0.3 is 0 Å². The van der Waals surface area contributed by atoms with Gasteiger partial charge in [0.1, 0.15) is 0 Å². The van der Waals surface area contributed by atoms with Crippen LogP contribution in [-0.2, 0) is 12.8 Å². The van der Waals surface area contributed by atoms with E-state index < -0.39 is 0 Å². The molecule has 1 unspecified atom stereocenters. The zero-order valence-electron chi connectivity index (χ0n) is 11.8. The van der Waals surface area contributed by atoms with Gasteiger partial charge in [0.05, 0.1) is 5.69 Å². The molecule has 1 aliphatic carbocycles. The molecule has 2 aromatic rings. The number of hydrogen-bond donors (Lipinski definition) is 0. The second kappa shape index (κ2) is 5.58. The first-order valence-corrected chi connectivity index (χ1v) is 7.35. The Morgan fingerprint density at radius 1 is 1.15 bits per heavy atom. The molecular weight excluding hydrogens is 246 g/mol. The van der Waals surface area contributed by atoms with E-state index in [1.165, 1.54) is 5.56 Å². The molecule has 3 rings (SSSR count). The molecule has 1 aromatic carbocycles. The number of ketones is 1. The van der Waals surface area contributed by atoms with Crippen molar-refractivity contribution in [3.63, 3.8) is 0 Å². The zero-order chi connectivity index (χ0) is 13.9. The van der Waals surface area contributed by atoms with Gasteiger partial charge in [-0.15, -0.1) is 0 Å². The quantitative estimate of drug-likeness (QED) is 0.844. The lowest BCUT2D eigenvalue weighted by molar-refractivity contribution is 0.0897. The molecular formula is C18H19NO. The van der Waals surface area contributed by atoms with Crippen LogP contribution in [-0.4, -0.2) is 10.8 Å². The van der Waals surface area contributed by atoms with Gasteiger partial charge in [-0.05, 0) is 37.0 Å². The predicted octanol–water partition coefficient (Wildman–Crippen LogP) is 3.83. The SMILES string of the molecule is CCC1CCc2nc(Cc3ccccc3)ccc2C1=O. The van der Waals surface area contributed by atoms with E-state index in [9.17, 15) is 4.79 Å². The van der Waals surface area contributed by atoms with Crippen molar-refractivity contribution in [3.8, 4) is 0 Å². The standard InChI is InChI=1S/C18H19NO/c1-2-14-8-11-17-16(18(14)20)10-9-15(19-17)12-13-6-4-3-5-7-13/h3-7,9-10,14H,2,8,11-12H2,1H3. The van der Waals surface area contributed by atoms with Gasteiger partial charge in [-0.25, -0.2) is 0 Å². The molecule has 0 fully saturated rings. The lowest BCUT2D eigenvalue weighted by Gasteiger charge is -2.21. The van der Waals surface area contributed by atoms with Gasteiger partial charge in [-0.1, -0.05) is 37.3 Å². The summed E-state index contributed by atoms with van der Waals surface area (Å²) in [6.07, 6.45) is 3.65. The zero-order valence-corrected chi connectivity index (χ0v) is 11.8. The van der Waals surface area contributed by atoms with Crippen molar-refractivity contribution >= 4 is 5.78 Å². The van der Waals surface area contributed by atoms with E-state index in [0.717, 1.165) is 42.6 Å². The Labute approximate surface area is 119 Å². The first-order chi connectivity index (χ1) is 9.78. The number of hydrogen-bond acceptors (Lipinski definition) is 2. The molecule has 1 heterocycles. The third-order valence-corrected chi connectivity index (χ3v) is 4.12. The largest absolute Gasteiger partial charge is 0.294 e. The topological polar surface area (TPSA) is 30.0 Å². The number of rotatable bonds is 3. The average molecular weight is 265 g/mol. The fourth-order valence-corrected chi connectivity index (χ4v) is 2.92. The Kier molecular flexibility index (Phi) is 3.64. The number of carbonyl (C=O) groups is 1. The molecule has 0 saturated carbocycles. The summed E-state index contributed by atoms with van der Waals surface area (Å²) in [5.74, 6) is 0.483. The number of nitrogens with zero attached hydrogens (tertiary/aromatic N) is 1. The molecule has 20 heavy (non-hydrogen) atoms. The van der Waals surface area contributed by atoms with Crippen molar-refractivity contribution in [2.24, 2.45) is 5.92 Å². The first-order valence-electron chi connectivity index (χ1n) is 7.35. The highest BCUT2D eigenvalue weighted by Gasteiger charge is 2.26. The van der Waals surface area contributed by atoms with Crippen LogP contribution in [0.1, 0.15) is 47.1 Å². The second-order valence-corrected chi connectivity index (χ2v) is 5.47. The molecule has 2 nitrogen and oxygen atoms in total. The minimum Gasteiger partial charge on any atom is -0.294 e. The van der Waals surface area contributed by atoms with Crippen molar-refractivity contribution in [2.45, 2.75) is 32.6 Å². The number of pyridine rings is 1. The summed E-state index contributed by atoms with van der Waals surface area (Å²) >= 11 is 0. The van der Waals surface area contributed by atoms with Gasteiger partial charge in [0.2, 0.25) is 0 Å². The van der Waals surface area contributed by atoms with Gasteiger partial charge in [0, 0.05) is 23.6 Å². The van der Waals surface area contributed by atoms with Crippen molar-refractivity contribution in [1.82, 2.24) is 4.98 Å². The van der Waals surface area contributed by atoms with Crippen LogP contribution in [0.25, 0.3) is 0 Å². The molecule has 1 aromatic heterocycles. The van der Waals surface area contributed by atoms with Crippen LogP contribution >= 0.6 is 0 Å². The summed E-state index contributed by atoms with van der Waals surface area (Å²) in [4.78, 5) is 17.0. The summed E-state index contributed by atoms with van der Waals surface area (Å²) in [5, 5.41) is 0. The highest BCUT2D eigenvalue weighted by atomic mass is 16.1. The van der Waals surface area contributed by atoms with Crippen LogP contribution in [0.4, 0.5) is 0 Å². The maximum absolute atomic E-state index is 12.3. The molecule has 1 atom stereocenters. The number of Topliss-reactive ketones (excluding diaryl/α,β-unsaturated/α-hetero) is 1. The van der Waals surface area contributed by atoms with Gasteiger partial charge < -0.3 is 0 Å². The molecule has 0 aliphatic heterocycles. The number of aromatic nitrogens is 1. The summed E-state index contributed by atoms with van der Waals surface area (Å²) in [6, 6.07) is 14.3. The molecule has 0 saturated heterocycles. The maximum Gasteiger partial charge on any atom is 0.167 e. The average Bonchev–Trinajstić information content (AvgIpc) is 2.49. The highest BCUT2D eigenvalue weighted by Crippen LogP contribution is 2.26.